The lowest BCUT2D eigenvalue weighted by molar-refractivity contribution is 0.373. The molecule has 2 N–H and O–H groups in total. The zero-order chi connectivity index (χ0) is 20.5. The minimum absolute atomic E-state index is 0.0311. The number of aromatic nitrogens is 2. The molecule has 0 saturated heterocycles. The van der Waals surface area contributed by atoms with Crippen LogP contribution in [0.3, 0.4) is 0 Å². The van der Waals surface area contributed by atoms with Crippen molar-refractivity contribution in [2.75, 3.05) is 7.11 Å². The van der Waals surface area contributed by atoms with Crippen LogP contribution in [-0.4, -0.2) is 32.9 Å². The molecular weight excluding hydrogens is 413 g/mol. The molecule has 0 aliphatic carbocycles. The molecule has 2 heterocycles. The van der Waals surface area contributed by atoms with Crippen LogP contribution in [0, 0.1) is 0 Å². The van der Waals surface area contributed by atoms with E-state index in [4.69, 9.17) is 27.9 Å². The standard InChI is InChI=1S/C21H15Cl2N3O3/c1-29-17-9-12(5-6-16(17)27)19-21(26-7-3-2-4-18(26)25-19)24-11-13-8-14(22)10-15(23)20(13)28/h2-11,27-28H,1H3. The summed E-state index contributed by atoms with van der Waals surface area (Å²) < 4.78 is 7.02. The van der Waals surface area contributed by atoms with Crippen LogP contribution < -0.4 is 4.74 Å². The Kier molecular flexibility index (Phi) is 5.05. The first kappa shape index (κ1) is 19.1. The fourth-order valence-corrected chi connectivity index (χ4v) is 3.45. The third kappa shape index (κ3) is 3.60. The van der Waals surface area contributed by atoms with Gasteiger partial charge in [-0.25, -0.2) is 9.98 Å². The zero-order valence-electron chi connectivity index (χ0n) is 15.2. The lowest BCUT2D eigenvalue weighted by atomic mass is 10.1. The molecule has 0 atom stereocenters. The second kappa shape index (κ2) is 7.66. The summed E-state index contributed by atoms with van der Waals surface area (Å²) in [5.41, 5.74) is 2.36. The summed E-state index contributed by atoms with van der Waals surface area (Å²) in [4.78, 5) is 9.21. The molecule has 0 amide bonds. The van der Waals surface area contributed by atoms with Crippen molar-refractivity contribution in [1.29, 1.82) is 0 Å². The lowest BCUT2D eigenvalue weighted by Crippen LogP contribution is -1.88. The summed E-state index contributed by atoms with van der Waals surface area (Å²) in [7, 11) is 1.48. The zero-order valence-corrected chi connectivity index (χ0v) is 16.7. The number of imidazole rings is 1. The number of halogens is 2. The molecule has 2 aromatic heterocycles. The number of ether oxygens (including phenoxy) is 1. The van der Waals surface area contributed by atoms with Gasteiger partial charge in [0.25, 0.3) is 0 Å². The van der Waals surface area contributed by atoms with Crippen molar-refractivity contribution >= 4 is 40.9 Å². The number of methoxy groups -OCH3 is 1. The summed E-state index contributed by atoms with van der Waals surface area (Å²) in [5.74, 6) is 0.780. The van der Waals surface area contributed by atoms with Crippen LogP contribution in [0.15, 0.2) is 59.7 Å². The van der Waals surface area contributed by atoms with E-state index >= 15 is 0 Å². The van der Waals surface area contributed by atoms with E-state index in [2.05, 4.69) is 9.98 Å². The van der Waals surface area contributed by atoms with Gasteiger partial charge < -0.3 is 14.9 Å². The maximum atomic E-state index is 10.2. The lowest BCUT2D eigenvalue weighted by Gasteiger charge is -2.06. The smallest absolute Gasteiger partial charge is 0.165 e. The third-order valence-corrected chi connectivity index (χ3v) is 4.85. The molecule has 0 aliphatic rings. The van der Waals surface area contributed by atoms with E-state index in [-0.39, 0.29) is 16.5 Å². The quantitative estimate of drug-likeness (QED) is 0.422. The van der Waals surface area contributed by atoms with Crippen LogP contribution in [0.2, 0.25) is 10.0 Å². The van der Waals surface area contributed by atoms with Crippen LogP contribution in [0.25, 0.3) is 16.9 Å². The minimum Gasteiger partial charge on any atom is -0.506 e. The molecular formula is C21H15Cl2N3O3. The van der Waals surface area contributed by atoms with Gasteiger partial charge in [0.2, 0.25) is 0 Å². The molecule has 6 nitrogen and oxygen atoms in total. The molecule has 0 spiro atoms. The number of pyridine rings is 1. The number of aromatic hydroxyl groups is 2. The van der Waals surface area contributed by atoms with Gasteiger partial charge in [0.05, 0.1) is 12.1 Å². The number of nitrogens with zero attached hydrogens (tertiary/aromatic N) is 3. The van der Waals surface area contributed by atoms with Crippen LogP contribution in [0.4, 0.5) is 5.82 Å². The minimum atomic E-state index is -0.110. The number of aliphatic imine (C=N–C) groups is 1. The fraction of sp³-hybridized carbons (Fsp3) is 0.0476. The molecule has 29 heavy (non-hydrogen) atoms. The van der Waals surface area contributed by atoms with Gasteiger partial charge in [-0.2, -0.15) is 0 Å². The van der Waals surface area contributed by atoms with Gasteiger partial charge in [0.1, 0.15) is 17.1 Å². The highest BCUT2D eigenvalue weighted by Crippen LogP contribution is 2.36. The van der Waals surface area contributed by atoms with Gasteiger partial charge in [-0.15, -0.1) is 0 Å². The van der Waals surface area contributed by atoms with Crippen molar-refractivity contribution in [3.05, 3.63) is 70.3 Å². The van der Waals surface area contributed by atoms with E-state index in [1.54, 1.807) is 18.2 Å². The first-order valence-corrected chi connectivity index (χ1v) is 9.30. The number of benzene rings is 2. The number of hydrogen-bond donors (Lipinski definition) is 2. The molecule has 4 aromatic rings. The summed E-state index contributed by atoms with van der Waals surface area (Å²) >= 11 is 12.0. The highest BCUT2D eigenvalue weighted by atomic mass is 35.5. The van der Waals surface area contributed by atoms with Gasteiger partial charge >= 0.3 is 0 Å². The van der Waals surface area contributed by atoms with Gasteiger partial charge in [-0.1, -0.05) is 29.3 Å². The maximum absolute atomic E-state index is 10.2. The highest BCUT2D eigenvalue weighted by Gasteiger charge is 2.15. The second-order valence-electron chi connectivity index (χ2n) is 6.18. The Balaban J connectivity index is 1.89. The Bertz CT molecular complexity index is 1250. The Morgan fingerprint density at radius 1 is 1.10 bits per heavy atom. The van der Waals surface area contributed by atoms with E-state index in [9.17, 15) is 10.2 Å². The molecule has 4 rings (SSSR count). The Labute approximate surface area is 176 Å². The van der Waals surface area contributed by atoms with Gasteiger partial charge in [-0.3, -0.25) is 4.40 Å². The van der Waals surface area contributed by atoms with Crippen molar-refractivity contribution in [2.24, 2.45) is 4.99 Å². The maximum Gasteiger partial charge on any atom is 0.165 e. The van der Waals surface area contributed by atoms with E-state index in [1.165, 1.54) is 25.5 Å². The first-order chi connectivity index (χ1) is 14.0. The summed E-state index contributed by atoms with van der Waals surface area (Å²) in [6.45, 7) is 0. The SMILES string of the molecule is COc1cc(-c2nc3ccccn3c2N=Cc2cc(Cl)cc(Cl)c2O)ccc1O. The molecule has 2 aromatic carbocycles. The van der Waals surface area contributed by atoms with Crippen molar-refractivity contribution in [2.45, 2.75) is 0 Å². The van der Waals surface area contributed by atoms with Crippen LogP contribution >= 0.6 is 23.2 Å². The van der Waals surface area contributed by atoms with Crippen molar-refractivity contribution < 1.29 is 14.9 Å². The summed E-state index contributed by atoms with van der Waals surface area (Å²) in [6.07, 6.45) is 3.31. The number of fused-ring (bicyclic) bond motifs is 1. The Morgan fingerprint density at radius 2 is 1.93 bits per heavy atom. The van der Waals surface area contributed by atoms with Crippen LogP contribution in [0.1, 0.15) is 5.56 Å². The predicted octanol–water partition coefficient (Wildman–Crippen LogP) is 5.48. The molecule has 0 radical (unpaired) electrons. The number of phenolic OH excluding ortho intramolecular Hbond substituents is 2. The van der Waals surface area contributed by atoms with E-state index in [1.807, 2.05) is 28.8 Å². The number of hydrogen-bond acceptors (Lipinski definition) is 5. The van der Waals surface area contributed by atoms with Crippen LogP contribution in [-0.2, 0) is 0 Å². The summed E-state index contributed by atoms with van der Waals surface area (Å²) in [6, 6.07) is 13.6. The molecule has 0 fully saturated rings. The largest absolute Gasteiger partial charge is 0.506 e. The fourth-order valence-electron chi connectivity index (χ4n) is 2.94. The number of rotatable bonds is 4. The monoisotopic (exact) mass is 427 g/mol. The molecule has 0 aliphatic heterocycles. The average molecular weight is 428 g/mol. The predicted molar refractivity (Wildman–Crippen MR) is 114 cm³/mol. The molecule has 0 saturated carbocycles. The van der Waals surface area contributed by atoms with Crippen molar-refractivity contribution in [1.82, 2.24) is 9.38 Å². The third-order valence-electron chi connectivity index (χ3n) is 4.34. The van der Waals surface area contributed by atoms with Gasteiger partial charge in [0.15, 0.2) is 17.3 Å². The van der Waals surface area contributed by atoms with E-state index in [0.29, 0.717) is 39.1 Å². The Hall–Kier alpha value is -3.22. The van der Waals surface area contributed by atoms with E-state index < -0.39 is 0 Å². The first-order valence-electron chi connectivity index (χ1n) is 8.54. The second-order valence-corrected chi connectivity index (χ2v) is 7.03. The summed E-state index contributed by atoms with van der Waals surface area (Å²) in [5, 5.41) is 20.6. The number of phenols is 2. The Morgan fingerprint density at radius 3 is 2.72 bits per heavy atom. The molecule has 146 valence electrons. The van der Waals surface area contributed by atoms with E-state index in [0.717, 1.165) is 0 Å². The highest BCUT2D eigenvalue weighted by molar-refractivity contribution is 6.36. The van der Waals surface area contributed by atoms with Gasteiger partial charge in [0, 0.05) is 28.6 Å². The molecule has 0 bridgehead atoms. The molecule has 0 unspecified atom stereocenters. The normalized spacial score (nSPS) is 11.4. The molecule has 8 heteroatoms. The average Bonchev–Trinajstić information content (AvgIpc) is 3.08. The van der Waals surface area contributed by atoms with Crippen molar-refractivity contribution in [3.8, 4) is 28.5 Å². The van der Waals surface area contributed by atoms with Crippen LogP contribution in [0.5, 0.6) is 17.2 Å². The van der Waals surface area contributed by atoms with Crippen molar-refractivity contribution in [3.63, 3.8) is 0 Å². The van der Waals surface area contributed by atoms with Gasteiger partial charge in [-0.05, 0) is 42.5 Å². The topological polar surface area (TPSA) is 79.4 Å².